The molecule has 0 radical (unpaired) electrons. The lowest BCUT2D eigenvalue weighted by atomic mass is 9.79. The molecule has 0 unspecified atom stereocenters. The standard InChI is InChI=1S/C20H38N2O2Si/c1-4-25(5-2,6-3)24-18-10-8-17(9-11-18)22-15-13-20(19(22)23)12-7-14-21-16-20/h17-18,21H,4-16H2,1-3H3/t17-,18-,20-/m0/s1. The van der Waals surface area contributed by atoms with Gasteiger partial charge in [0.2, 0.25) is 5.91 Å². The summed E-state index contributed by atoms with van der Waals surface area (Å²) in [6.07, 6.45) is 8.33. The molecule has 2 heterocycles. The highest BCUT2D eigenvalue weighted by Gasteiger charge is 2.49. The minimum absolute atomic E-state index is 0.0691. The van der Waals surface area contributed by atoms with Crippen molar-refractivity contribution < 1.29 is 9.22 Å². The molecule has 5 heteroatoms. The normalized spacial score (nSPS) is 34.0. The van der Waals surface area contributed by atoms with E-state index < -0.39 is 8.32 Å². The maximum Gasteiger partial charge on any atom is 0.230 e. The molecule has 0 bridgehead atoms. The summed E-state index contributed by atoms with van der Waals surface area (Å²) in [7, 11) is -1.49. The lowest BCUT2D eigenvalue weighted by Gasteiger charge is -2.40. The second-order valence-electron chi connectivity index (χ2n) is 8.60. The van der Waals surface area contributed by atoms with Crippen molar-refractivity contribution in [2.24, 2.45) is 5.41 Å². The highest BCUT2D eigenvalue weighted by atomic mass is 28.4. The Kier molecular flexibility index (Phi) is 6.27. The third kappa shape index (κ3) is 3.84. The molecule has 1 spiro atoms. The van der Waals surface area contributed by atoms with Crippen molar-refractivity contribution in [3.63, 3.8) is 0 Å². The number of hydrogen-bond donors (Lipinski definition) is 1. The van der Waals surface area contributed by atoms with Gasteiger partial charge in [0.25, 0.3) is 0 Å². The van der Waals surface area contributed by atoms with E-state index in [2.05, 4.69) is 31.0 Å². The van der Waals surface area contributed by atoms with Gasteiger partial charge in [-0.05, 0) is 69.6 Å². The molecule has 0 aromatic carbocycles. The zero-order valence-electron chi connectivity index (χ0n) is 16.6. The predicted molar refractivity (Wildman–Crippen MR) is 105 cm³/mol. The van der Waals surface area contributed by atoms with Crippen LogP contribution in [0, 0.1) is 5.41 Å². The van der Waals surface area contributed by atoms with Crippen LogP contribution in [-0.4, -0.2) is 50.9 Å². The summed E-state index contributed by atoms with van der Waals surface area (Å²) < 4.78 is 6.70. The number of hydrogen-bond acceptors (Lipinski definition) is 3. The van der Waals surface area contributed by atoms with E-state index in [-0.39, 0.29) is 5.41 Å². The third-order valence-corrected chi connectivity index (χ3v) is 12.2. The number of piperidine rings is 1. The Labute approximate surface area is 155 Å². The van der Waals surface area contributed by atoms with E-state index in [4.69, 9.17) is 4.43 Å². The van der Waals surface area contributed by atoms with Crippen LogP contribution < -0.4 is 5.32 Å². The number of carbonyl (C=O) groups is 1. The molecule has 3 rings (SSSR count). The van der Waals surface area contributed by atoms with E-state index in [0.29, 0.717) is 18.1 Å². The molecule has 0 aromatic heterocycles. The van der Waals surface area contributed by atoms with Crippen LogP contribution in [0.5, 0.6) is 0 Å². The first-order chi connectivity index (χ1) is 12.1. The Morgan fingerprint density at radius 1 is 1.12 bits per heavy atom. The van der Waals surface area contributed by atoms with Crippen molar-refractivity contribution in [3.05, 3.63) is 0 Å². The van der Waals surface area contributed by atoms with Gasteiger partial charge in [0, 0.05) is 25.2 Å². The number of amides is 1. The number of carbonyl (C=O) groups excluding carboxylic acids is 1. The maximum absolute atomic E-state index is 13.1. The minimum atomic E-state index is -1.49. The Balaban J connectivity index is 1.53. The average molecular weight is 367 g/mol. The predicted octanol–water partition coefficient (Wildman–Crippen LogP) is 3.92. The number of rotatable bonds is 6. The van der Waals surface area contributed by atoms with E-state index in [1.807, 2.05) is 0 Å². The Morgan fingerprint density at radius 3 is 2.36 bits per heavy atom. The first-order valence-corrected chi connectivity index (χ1v) is 13.3. The largest absolute Gasteiger partial charge is 0.414 e. The molecule has 1 aliphatic carbocycles. The number of nitrogens with zero attached hydrogens (tertiary/aromatic N) is 1. The van der Waals surface area contributed by atoms with Crippen molar-refractivity contribution in [2.75, 3.05) is 19.6 Å². The monoisotopic (exact) mass is 366 g/mol. The van der Waals surface area contributed by atoms with Gasteiger partial charge in [-0.15, -0.1) is 0 Å². The van der Waals surface area contributed by atoms with Crippen LogP contribution in [0.4, 0.5) is 0 Å². The van der Waals surface area contributed by atoms with Crippen molar-refractivity contribution in [1.82, 2.24) is 10.2 Å². The second-order valence-corrected chi connectivity index (χ2v) is 13.3. The van der Waals surface area contributed by atoms with Crippen LogP contribution in [-0.2, 0) is 9.22 Å². The van der Waals surface area contributed by atoms with Gasteiger partial charge in [0.05, 0.1) is 5.41 Å². The van der Waals surface area contributed by atoms with Crippen LogP contribution >= 0.6 is 0 Å². The summed E-state index contributed by atoms with van der Waals surface area (Å²) in [5.74, 6) is 0.448. The van der Waals surface area contributed by atoms with E-state index >= 15 is 0 Å². The molecular formula is C20H38N2O2Si. The first-order valence-electron chi connectivity index (χ1n) is 10.8. The second kappa shape index (κ2) is 8.09. The average Bonchev–Trinajstić information content (AvgIpc) is 2.97. The molecule has 1 atom stereocenters. The summed E-state index contributed by atoms with van der Waals surface area (Å²) in [5.41, 5.74) is -0.0691. The van der Waals surface area contributed by atoms with Crippen LogP contribution in [0.15, 0.2) is 0 Å². The molecule has 3 fully saturated rings. The van der Waals surface area contributed by atoms with Gasteiger partial charge in [0.1, 0.15) is 0 Å². The summed E-state index contributed by atoms with van der Waals surface area (Å²) in [5, 5.41) is 3.46. The zero-order valence-corrected chi connectivity index (χ0v) is 17.6. The number of likely N-dealkylation sites (tertiary alicyclic amines) is 1. The molecule has 2 saturated heterocycles. The molecule has 4 nitrogen and oxygen atoms in total. The summed E-state index contributed by atoms with van der Waals surface area (Å²) in [4.78, 5) is 15.3. The fourth-order valence-corrected chi connectivity index (χ4v) is 8.33. The van der Waals surface area contributed by atoms with E-state index in [1.165, 1.54) is 18.1 Å². The molecule has 1 amide bonds. The molecule has 1 saturated carbocycles. The van der Waals surface area contributed by atoms with Crippen molar-refractivity contribution >= 4 is 14.2 Å². The van der Waals surface area contributed by atoms with Gasteiger partial charge in [-0.3, -0.25) is 4.79 Å². The van der Waals surface area contributed by atoms with Crippen LogP contribution in [0.1, 0.15) is 65.7 Å². The van der Waals surface area contributed by atoms with Crippen LogP contribution in [0.25, 0.3) is 0 Å². The SMILES string of the molecule is CC[Si](CC)(CC)O[C@H]1CC[C@H](N2CC[C@]3(CCCNC3)C2=O)CC1. The lowest BCUT2D eigenvalue weighted by molar-refractivity contribution is -0.139. The maximum atomic E-state index is 13.1. The molecular weight excluding hydrogens is 328 g/mol. The van der Waals surface area contributed by atoms with Crippen LogP contribution in [0.3, 0.4) is 0 Å². The van der Waals surface area contributed by atoms with E-state index in [1.54, 1.807) is 0 Å². The van der Waals surface area contributed by atoms with Gasteiger partial charge in [-0.2, -0.15) is 0 Å². The third-order valence-electron chi connectivity index (χ3n) is 7.45. The van der Waals surface area contributed by atoms with Gasteiger partial charge in [0.15, 0.2) is 8.32 Å². The summed E-state index contributed by atoms with van der Waals surface area (Å²) >= 11 is 0. The van der Waals surface area contributed by atoms with Crippen molar-refractivity contribution in [3.8, 4) is 0 Å². The molecule has 0 aromatic rings. The van der Waals surface area contributed by atoms with Gasteiger partial charge >= 0.3 is 0 Å². The highest BCUT2D eigenvalue weighted by Crippen LogP contribution is 2.41. The van der Waals surface area contributed by atoms with Crippen molar-refractivity contribution in [1.29, 1.82) is 0 Å². The Bertz CT molecular complexity index is 444. The smallest absolute Gasteiger partial charge is 0.230 e. The first kappa shape index (κ1) is 19.4. The zero-order chi connectivity index (χ0) is 17.9. The molecule has 1 N–H and O–H groups in total. The Morgan fingerprint density at radius 2 is 1.80 bits per heavy atom. The lowest BCUT2D eigenvalue weighted by Crippen LogP contribution is -2.49. The fourth-order valence-electron chi connectivity index (χ4n) is 5.39. The van der Waals surface area contributed by atoms with Crippen molar-refractivity contribution in [2.45, 2.75) is 96.0 Å². The minimum Gasteiger partial charge on any atom is -0.414 e. The molecule has 2 aliphatic heterocycles. The quantitative estimate of drug-likeness (QED) is 0.724. The van der Waals surface area contributed by atoms with Gasteiger partial charge < -0.3 is 14.6 Å². The van der Waals surface area contributed by atoms with Gasteiger partial charge in [-0.1, -0.05) is 20.8 Å². The number of nitrogens with one attached hydrogen (secondary N) is 1. The van der Waals surface area contributed by atoms with E-state index in [0.717, 1.165) is 64.6 Å². The molecule has 144 valence electrons. The Hall–Kier alpha value is -0.393. The fraction of sp³-hybridized carbons (Fsp3) is 0.950. The van der Waals surface area contributed by atoms with Gasteiger partial charge in [-0.25, -0.2) is 0 Å². The highest BCUT2D eigenvalue weighted by molar-refractivity contribution is 6.73. The summed E-state index contributed by atoms with van der Waals surface area (Å²) in [6, 6.07) is 4.18. The van der Waals surface area contributed by atoms with E-state index in [9.17, 15) is 4.79 Å². The molecule has 3 aliphatic rings. The molecule has 25 heavy (non-hydrogen) atoms. The summed E-state index contributed by atoms with van der Waals surface area (Å²) in [6.45, 7) is 9.89. The van der Waals surface area contributed by atoms with Crippen LogP contribution in [0.2, 0.25) is 18.1 Å². The topological polar surface area (TPSA) is 41.6 Å².